The van der Waals surface area contributed by atoms with Crippen LogP contribution in [0.5, 0.6) is 23.0 Å². The molecule has 0 atom stereocenters. The fourth-order valence-electron chi connectivity index (χ4n) is 6.27. The minimum absolute atomic E-state index is 0.0196. The normalized spacial score (nSPS) is 12.5. The molecular formula is C37H25BO2. The summed E-state index contributed by atoms with van der Waals surface area (Å²) in [5.41, 5.74) is 11.5. The average Bonchev–Trinajstić information content (AvgIpc) is 3.01. The van der Waals surface area contributed by atoms with Crippen molar-refractivity contribution in [3.05, 3.63) is 139 Å². The number of fused-ring (bicyclic) bond motifs is 4. The Bertz CT molecular complexity index is 1910. The fourth-order valence-corrected chi connectivity index (χ4v) is 6.27. The van der Waals surface area contributed by atoms with Crippen molar-refractivity contribution in [2.75, 3.05) is 0 Å². The van der Waals surface area contributed by atoms with Gasteiger partial charge in [0.2, 0.25) is 0 Å². The van der Waals surface area contributed by atoms with Gasteiger partial charge in [0.05, 0.1) is 0 Å². The number of benzene rings is 6. The van der Waals surface area contributed by atoms with Crippen molar-refractivity contribution in [2.45, 2.75) is 6.92 Å². The lowest BCUT2D eigenvalue weighted by atomic mass is 9.34. The topological polar surface area (TPSA) is 18.5 Å². The van der Waals surface area contributed by atoms with E-state index in [1.54, 1.807) is 0 Å². The van der Waals surface area contributed by atoms with E-state index in [9.17, 15) is 0 Å². The second-order valence-corrected chi connectivity index (χ2v) is 10.5. The number of rotatable bonds is 3. The van der Waals surface area contributed by atoms with E-state index in [-0.39, 0.29) is 6.71 Å². The van der Waals surface area contributed by atoms with Gasteiger partial charge in [0.1, 0.15) is 23.0 Å². The lowest BCUT2D eigenvalue weighted by molar-refractivity contribution is 0.466. The van der Waals surface area contributed by atoms with Gasteiger partial charge < -0.3 is 9.47 Å². The van der Waals surface area contributed by atoms with Crippen LogP contribution < -0.4 is 25.9 Å². The van der Waals surface area contributed by atoms with Crippen LogP contribution in [0.3, 0.4) is 0 Å². The van der Waals surface area contributed by atoms with Gasteiger partial charge in [-0.05, 0) is 63.9 Å². The molecule has 6 aromatic carbocycles. The minimum Gasteiger partial charge on any atom is -0.458 e. The van der Waals surface area contributed by atoms with Crippen molar-refractivity contribution in [3.8, 4) is 56.4 Å². The number of hydrogen-bond acceptors (Lipinski definition) is 2. The van der Waals surface area contributed by atoms with E-state index in [1.807, 2.05) is 6.07 Å². The molecule has 40 heavy (non-hydrogen) atoms. The third-order valence-electron chi connectivity index (χ3n) is 8.17. The SMILES string of the molecule is Cc1ccccc1-c1ccc2c(c1)B1c3cccc(-c4ccccc4)c3Oc3c(-c4ccccc4)ccc(c31)O2. The predicted molar refractivity (Wildman–Crippen MR) is 165 cm³/mol. The summed E-state index contributed by atoms with van der Waals surface area (Å²) in [5.74, 6) is 3.53. The summed E-state index contributed by atoms with van der Waals surface area (Å²) in [7, 11) is 0. The van der Waals surface area contributed by atoms with Crippen LogP contribution in [0.25, 0.3) is 33.4 Å². The van der Waals surface area contributed by atoms with E-state index in [0.717, 1.165) is 61.6 Å². The van der Waals surface area contributed by atoms with Crippen LogP contribution in [0.2, 0.25) is 0 Å². The van der Waals surface area contributed by atoms with Crippen LogP contribution >= 0.6 is 0 Å². The van der Waals surface area contributed by atoms with Crippen molar-refractivity contribution in [2.24, 2.45) is 0 Å². The maximum Gasteiger partial charge on any atom is 0.260 e. The summed E-state index contributed by atoms with van der Waals surface area (Å²) in [5, 5.41) is 0. The first-order valence-corrected chi connectivity index (χ1v) is 13.7. The molecule has 188 valence electrons. The number of aryl methyl sites for hydroxylation is 1. The van der Waals surface area contributed by atoms with Crippen LogP contribution in [0.15, 0.2) is 133 Å². The van der Waals surface area contributed by atoms with E-state index < -0.39 is 0 Å². The van der Waals surface area contributed by atoms with Crippen molar-refractivity contribution >= 4 is 23.1 Å². The molecule has 0 N–H and O–H groups in total. The Morgan fingerprint density at radius 1 is 0.450 bits per heavy atom. The van der Waals surface area contributed by atoms with Crippen molar-refractivity contribution in [1.29, 1.82) is 0 Å². The summed E-state index contributed by atoms with van der Waals surface area (Å²) >= 11 is 0. The van der Waals surface area contributed by atoms with Gasteiger partial charge >= 0.3 is 0 Å². The Balaban J connectivity index is 1.41. The number of para-hydroxylation sites is 1. The number of hydrogen-bond donors (Lipinski definition) is 0. The first kappa shape index (κ1) is 22.9. The van der Waals surface area contributed by atoms with Gasteiger partial charge in [0.15, 0.2) is 0 Å². The van der Waals surface area contributed by atoms with E-state index >= 15 is 0 Å². The van der Waals surface area contributed by atoms with Crippen LogP contribution in [0, 0.1) is 6.92 Å². The number of ether oxygens (including phenoxy) is 2. The molecule has 2 aliphatic heterocycles. The van der Waals surface area contributed by atoms with E-state index in [0.29, 0.717) is 0 Å². The molecule has 0 fully saturated rings. The van der Waals surface area contributed by atoms with Gasteiger partial charge in [0, 0.05) is 16.6 Å². The summed E-state index contributed by atoms with van der Waals surface area (Å²) in [6, 6.07) is 46.9. The molecule has 0 unspecified atom stereocenters. The summed E-state index contributed by atoms with van der Waals surface area (Å²) in [6.45, 7) is 2.15. The third-order valence-corrected chi connectivity index (χ3v) is 8.17. The molecule has 3 heteroatoms. The zero-order valence-electron chi connectivity index (χ0n) is 22.1. The third kappa shape index (κ3) is 3.51. The van der Waals surface area contributed by atoms with Crippen LogP contribution in [-0.4, -0.2) is 6.71 Å². The molecule has 2 heterocycles. The van der Waals surface area contributed by atoms with E-state index in [2.05, 4.69) is 134 Å². The highest BCUT2D eigenvalue weighted by molar-refractivity contribution is 6.98. The summed E-state index contributed by atoms with van der Waals surface area (Å²) < 4.78 is 13.6. The highest BCUT2D eigenvalue weighted by Gasteiger charge is 2.42. The zero-order chi connectivity index (χ0) is 26.6. The molecule has 2 aliphatic rings. The smallest absolute Gasteiger partial charge is 0.260 e. The Labute approximate surface area is 234 Å². The second kappa shape index (κ2) is 9.03. The highest BCUT2D eigenvalue weighted by Crippen LogP contribution is 2.43. The minimum atomic E-state index is -0.0196. The van der Waals surface area contributed by atoms with Gasteiger partial charge in [-0.15, -0.1) is 0 Å². The van der Waals surface area contributed by atoms with Gasteiger partial charge in [-0.1, -0.05) is 115 Å². The predicted octanol–water partition coefficient (Wildman–Crippen LogP) is 7.72. The van der Waals surface area contributed by atoms with Gasteiger partial charge in [-0.2, -0.15) is 0 Å². The van der Waals surface area contributed by atoms with Crippen molar-refractivity contribution < 1.29 is 9.47 Å². The molecule has 0 radical (unpaired) electrons. The fraction of sp³-hybridized carbons (Fsp3) is 0.0270. The van der Waals surface area contributed by atoms with Crippen LogP contribution in [0.4, 0.5) is 0 Å². The van der Waals surface area contributed by atoms with Crippen molar-refractivity contribution in [1.82, 2.24) is 0 Å². The Morgan fingerprint density at radius 2 is 1.10 bits per heavy atom. The van der Waals surface area contributed by atoms with E-state index in [4.69, 9.17) is 9.47 Å². The van der Waals surface area contributed by atoms with Crippen molar-refractivity contribution in [3.63, 3.8) is 0 Å². The standard InChI is InChI=1S/C37H25BO2/c1-24-11-8-9-16-28(24)27-19-21-33-32(23-27)38-31-18-10-17-29(25-12-4-2-5-13-25)36(31)40-37-30(26-14-6-3-7-15-26)20-22-34(39-33)35(37)38/h2-23H,1H3. The molecule has 0 saturated heterocycles. The quantitative estimate of drug-likeness (QED) is 0.226. The molecule has 8 rings (SSSR count). The average molecular weight is 512 g/mol. The lowest BCUT2D eigenvalue weighted by Gasteiger charge is -2.35. The van der Waals surface area contributed by atoms with Gasteiger partial charge in [-0.25, -0.2) is 0 Å². The van der Waals surface area contributed by atoms with Crippen LogP contribution in [0.1, 0.15) is 5.56 Å². The first-order chi connectivity index (χ1) is 19.8. The molecule has 2 nitrogen and oxygen atoms in total. The molecule has 0 spiro atoms. The summed E-state index contributed by atoms with van der Waals surface area (Å²) in [6.07, 6.45) is 0. The molecule has 0 aromatic heterocycles. The summed E-state index contributed by atoms with van der Waals surface area (Å²) in [4.78, 5) is 0. The molecule has 0 saturated carbocycles. The maximum absolute atomic E-state index is 6.96. The first-order valence-electron chi connectivity index (χ1n) is 13.7. The van der Waals surface area contributed by atoms with Gasteiger partial charge in [-0.3, -0.25) is 0 Å². The zero-order valence-corrected chi connectivity index (χ0v) is 22.1. The largest absolute Gasteiger partial charge is 0.458 e. The Hall–Kier alpha value is -5.02. The monoisotopic (exact) mass is 512 g/mol. The molecular weight excluding hydrogens is 487 g/mol. The molecule has 6 aromatic rings. The maximum atomic E-state index is 6.96. The second-order valence-electron chi connectivity index (χ2n) is 10.5. The van der Waals surface area contributed by atoms with Gasteiger partial charge in [0.25, 0.3) is 6.71 Å². The van der Waals surface area contributed by atoms with E-state index in [1.165, 1.54) is 16.7 Å². The van der Waals surface area contributed by atoms with Crippen LogP contribution in [-0.2, 0) is 0 Å². The highest BCUT2D eigenvalue weighted by atomic mass is 16.5. The Morgan fingerprint density at radius 3 is 1.85 bits per heavy atom. The molecule has 0 bridgehead atoms. The molecule has 0 aliphatic carbocycles. The Kier molecular flexibility index (Phi) is 5.18. The molecule has 0 amide bonds. The lowest BCUT2D eigenvalue weighted by Crippen LogP contribution is -2.57.